The number of hydrogen-bond acceptors (Lipinski definition) is 3. The Morgan fingerprint density at radius 3 is 2.39 bits per heavy atom. The molecule has 1 heterocycles. The number of carbonyl (C=O) groups is 1. The van der Waals surface area contributed by atoms with Gasteiger partial charge in [0.1, 0.15) is 0 Å². The summed E-state index contributed by atoms with van der Waals surface area (Å²) < 4.78 is 5.20. The van der Waals surface area contributed by atoms with Gasteiger partial charge < -0.3 is 9.64 Å². The van der Waals surface area contributed by atoms with Crippen molar-refractivity contribution >= 4 is 11.7 Å². The molecule has 0 unspecified atom stereocenters. The maximum Gasteiger partial charge on any atom is 0.338 e. The van der Waals surface area contributed by atoms with E-state index in [4.69, 9.17) is 4.74 Å². The first-order chi connectivity index (χ1) is 8.66. The predicted octanol–water partition coefficient (Wildman–Crippen LogP) is 3.10. The van der Waals surface area contributed by atoms with Gasteiger partial charge in [0.15, 0.2) is 0 Å². The van der Waals surface area contributed by atoms with Crippen molar-refractivity contribution in [2.75, 3.05) is 24.6 Å². The van der Waals surface area contributed by atoms with Gasteiger partial charge in [0.2, 0.25) is 0 Å². The monoisotopic (exact) mass is 247 g/mol. The van der Waals surface area contributed by atoms with Crippen LogP contribution >= 0.6 is 0 Å². The highest BCUT2D eigenvalue weighted by molar-refractivity contribution is 5.89. The van der Waals surface area contributed by atoms with Crippen LogP contribution in [-0.4, -0.2) is 25.7 Å². The van der Waals surface area contributed by atoms with Gasteiger partial charge in [-0.2, -0.15) is 0 Å². The normalized spacial score (nSPS) is 15.2. The average Bonchev–Trinajstić information content (AvgIpc) is 2.90. The van der Waals surface area contributed by atoms with Gasteiger partial charge in [0.25, 0.3) is 0 Å². The van der Waals surface area contributed by atoms with Crippen LogP contribution in [0.4, 0.5) is 5.69 Å². The van der Waals surface area contributed by atoms with Crippen molar-refractivity contribution in [3.63, 3.8) is 0 Å². The molecule has 0 spiro atoms. The summed E-state index contributed by atoms with van der Waals surface area (Å²) in [4.78, 5) is 14.1. The van der Waals surface area contributed by atoms with Crippen molar-refractivity contribution in [1.29, 1.82) is 0 Å². The van der Waals surface area contributed by atoms with Crippen molar-refractivity contribution < 1.29 is 9.53 Å². The molecule has 0 atom stereocenters. The Morgan fingerprint density at radius 1 is 1.22 bits per heavy atom. The highest BCUT2D eigenvalue weighted by Gasteiger charge is 2.13. The van der Waals surface area contributed by atoms with E-state index in [0.717, 1.165) is 13.1 Å². The first kappa shape index (κ1) is 12.9. The van der Waals surface area contributed by atoms with E-state index in [1.807, 2.05) is 38.1 Å². The van der Waals surface area contributed by atoms with Crippen LogP contribution in [0.25, 0.3) is 0 Å². The van der Waals surface area contributed by atoms with Crippen molar-refractivity contribution in [3.05, 3.63) is 29.8 Å². The van der Waals surface area contributed by atoms with Crippen molar-refractivity contribution in [2.24, 2.45) is 5.92 Å². The van der Waals surface area contributed by atoms with Gasteiger partial charge in [0.05, 0.1) is 12.2 Å². The Balaban J connectivity index is 1.96. The number of anilines is 1. The molecule has 0 bridgehead atoms. The average molecular weight is 247 g/mol. The van der Waals surface area contributed by atoms with E-state index in [1.54, 1.807) is 0 Å². The summed E-state index contributed by atoms with van der Waals surface area (Å²) in [5.41, 5.74) is 1.84. The summed E-state index contributed by atoms with van der Waals surface area (Å²) in [5, 5.41) is 0. The van der Waals surface area contributed by atoms with Crippen molar-refractivity contribution in [1.82, 2.24) is 0 Å². The molecule has 98 valence electrons. The van der Waals surface area contributed by atoms with Crippen LogP contribution < -0.4 is 4.90 Å². The number of benzene rings is 1. The fourth-order valence-corrected chi connectivity index (χ4v) is 2.11. The number of nitrogens with zero attached hydrogens (tertiary/aromatic N) is 1. The molecule has 1 fully saturated rings. The van der Waals surface area contributed by atoms with E-state index < -0.39 is 0 Å². The maximum absolute atomic E-state index is 11.7. The Morgan fingerprint density at radius 2 is 1.83 bits per heavy atom. The van der Waals surface area contributed by atoms with Gasteiger partial charge >= 0.3 is 5.97 Å². The quantitative estimate of drug-likeness (QED) is 0.766. The second-order valence-corrected chi connectivity index (χ2v) is 5.23. The minimum absolute atomic E-state index is 0.225. The van der Waals surface area contributed by atoms with Crippen molar-refractivity contribution in [3.8, 4) is 0 Å². The van der Waals surface area contributed by atoms with E-state index in [2.05, 4.69) is 4.90 Å². The summed E-state index contributed by atoms with van der Waals surface area (Å²) in [6.45, 7) is 6.79. The molecule has 0 N–H and O–H groups in total. The largest absolute Gasteiger partial charge is 0.462 e. The Kier molecular flexibility index (Phi) is 4.24. The molecule has 1 aliphatic rings. The summed E-state index contributed by atoms with van der Waals surface area (Å²) in [6.07, 6.45) is 2.52. The van der Waals surface area contributed by atoms with Gasteiger partial charge in [0, 0.05) is 18.8 Å². The summed E-state index contributed by atoms with van der Waals surface area (Å²) in [5.74, 6) is 0.148. The minimum atomic E-state index is -0.225. The summed E-state index contributed by atoms with van der Waals surface area (Å²) in [7, 11) is 0. The third-order valence-corrected chi connectivity index (χ3v) is 3.12. The highest BCUT2D eigenvalue weighted by atomic mass is 16.5. The summed E-state index contributed by atoms with van der Waals surface area (Å²) >= 11 is 0. The lowest BCUT2D eigenvalue weighted by molar-refractivity contribution is 0.0459. The van der Waals surface area contributed by atoms with Crippen LogP contribution in [0, 0.1) is 5.92 Å². The first-order valence-electron chi connectivity index (χ1n) is 6.69. The van der Waals surface area contributed by atoms with Crippen molar-refractivity contribution in [2.45, 2.75) is 26.7 Å². The third-order valence-electron chi connectivity index (χ3n) is 3.12. The van der Waals surface area contributed by atoms with Crippen LogP contribution in [0.2, 0.25) is 0 Å². The van der Waals surface area contributed by atoms with Crippen LogP contribution in [0.3, 0.4) is 0 Å². The fourth-order valence-electron chi connectivity index (χ4n) is 2.11. The molecule has 0 radical (unpaired) electrons. The molecule has 0 saturated carbocycles. The van der Waals surface area contributed by atoms with E-state index in [-0.39, 0.29) is 5.97 Å². The highest BCUT2D eigenvalue weighted by Crippen LogP contribution is 2.20. The molecule has 1 saturated heterocycles. The van der Waals surface area contributed by atoms with Crippen LogP contribution in [0.5, 0.6) is 0 Å². The zero-order chi connectivity index (χ0) is 13.0. The Labute approximate surface area is 109 Å². The predicted molar refractivity (Wildman–Crippen MR) is 73.0 cm³/mol. The van der Waals surface area contributed by atoms with E-state index >= 15 is 0 Å². The lowest BCUT2D eigenvalue weighted by Crippen LogP contribution is -2.17. The summed E-state index contributed by atoms with van der Waals surface area (Å²) in [6, 6.07) is 7.74. The van der Waals surface area contributed by atoms with Crippen LogP contribution in [-0.2, 0) is 4.74 Å². The van der Waals surface area contributed by atoms with Gasteiger partial charge in [-0.3, -0.25) is 0 Å². The zero-order valence-electron chi connectivity index (χ0n) is 11.2. The number of ether oxygens (including phenoxy) is 1. The first-order valence-corrected chi connectivity index (χ1v) is 6.69. The molecule has 3 heteroatoms. The Hall–Kier alpha value is -1.51. The number of hydrogen-bond donors (Lipinski definition) is 0. The third kappa shape index (κ3) is 3.25. The number of rotatable bonds is 4. The SMILES string of the molecule is CC(C)COC(=O)c1ccc(N2CCCC2)cc1. The molecule has 1 aromatic rings. The van der Waals surface area contributed by atoms with Gasteiger partial charge in [-0.15, -0.1) is 0 Å². The lowest BCUT2D eigenvalue weighted by Gasteiger charge is -2.17. The van der Waals surface area contributed by atoms with Gasteiger partial charge in [-0.1, -0.05) is 13.8 Å². The van der Waals surface area contributed by atoms with E-state index in [0.29, 0.717) is 18.1 Å². The zero-order valence-corrected chi connectivity index (χ0v) is 11.2. The number of carbonyl (C=O) groups excluding carboxylic acids is 1. The standard InChI is InChI=1S/C15H21NO2/c1-12(2)11-18-15(17)13-5-7-14(8-6-13)16-9-3-4-10-16/h5-8,12H,3-4,9-11H2,1-2H3. The van der Waals surface area contributed by atoms with Crippen LogP contribution in [0.1, 0.15) is 37.0 Å². The van der Waals surface area contributed by atoms with Gasteiger partial charge in [-0.05, 0) is 43.0 Å². The van der Waals surface area contributed by atoms with Crippen LogP contribution in [0.15, 0.2) is 24.3 Å². The van der Waals surface area contributed by atoms with E-state index in [9.17, 15) is 4.79 Å². The molecular weight excluding hydrogens is 226 g/mol. The molecule has 3 nitrogen and oxygen atoms in total. The van der Waals surface area contributed by atoms with E-state index in [1.165, 1.54) is 18.5 Å². The molecule has 0 amide bonds. The second kappa shape index (κ2) is 5.89. The topological polar surface area (TPSA) is 29.5 Å². The lowest BCUT2D eigenvalue weighted by atomic mass is 10.2. The van der Waals surface area contributed by atoms with Gasteiger partial charge in [-0.25, -0.2) is 4.79 Å². The smallest absolute Gasteiger partial charge is 0.338 e. The maximum atomic E-state index is 11.7. The molecule has 0 aromatic heterocycles. The molecule has 18 heavy (non-hydrogen) atoms. The molecule has 2 rings (SSSR count). The molecule has 1 aromatic carbocycles. The molecular formula is C15H21NO2. The molecule has 1 aliphatic heterocycles. The second-order valence-electron chi connectivity index (χ2n) is 5.23. The number of esters is 1. The molecule has 0 aliphatic carbocycles. The fraction of sp³-hybridized carbons (Fsp3) is 0.533. The minimum Gasteiger partial charge on any atom is -0.462 e. The Bertz CT molecular complexity index is 391.